The van der Waals surface area contributed by atoms with Crippen LogP contribution in [-0.2, 0) is 19.1 Å². The molecule has 0 spiro atoms. The van der Waals surface area contributed by atoms with Gasteiger partial charge in [0.15, 0.2) is 11.4 Å². The number of aliphatic hydroxyl groups excluding tert-OH is 3. The highest BCUT2D eigenvalue weighted by Gasteiger charge is 2.68. The molecule has 11 heteroatoms. The van der Waals surface area contributed by atoms with Gasteiger partial charge < -0.3 is 36.0 Å². The number of primary amides is 1. The largest absolute Gasteiger partial charge is 0.508 e. The van der Waals surface area contributed by atoms with Crippen molar-refractivity contribution < 1.29 is 44.7 Å². The van der Waals surface area contributed by atoms with Crippen LogP contribution in [0.25, 0.3) is 5.76 Å². The van der Waals surface area contributed by atoms with Crippen LogP contribution in [0.2, 0.25) is 0 Å². The lowest BCUT2D eigenvalue weighted by Crippen LogP contribution is -2.70. The minimum Gasteiger partial charge on any atom is -0.508 e. The standard InChI is InChI=1S/C28H34N2O9/c1-30(2)21-20-23(33)17-14(11-39-12-7-4-3-5-8-12)13-9-6-10-15(31)16(13)22(32)18(17)25(35)28(20,38)26(36)19(24(21)34)27(29)37/h6,9-10,12,14,17,20-21,23,31-33,36,38H,3-5,7-8,11H2,1-2H3,(H2,29,37). The molecule has 2 saturated carbocycles. The summed E-state index contributed by atoms with van der Waals surface area (Å²) in [4.78, 5) is 41.0. The molecule has 0 aromatic heterocycles. The number of nitrogens with zero attached hydrogens (tertiary/aromatic N) is 1. The lowest BCUT2D eigenvalue weighted by atomic mass is 9.54. The van der Waals surface area contributed by atoms with Crippen molar-refractivity contribution in [2.24, 2.45) is 17.6 Å². The second-order valence-corrected chi connectivity index (χ2v) is 11.2. The molecule has 6 atom stereocenters. The van der Waals surface area contributed by atoms with E-state index in [0.29, 0.717) is 5.56 Å². The molecule has 0 radical (unpaired) electrons. The van der Waals surface area contributed by atoms with Crippen molar-refractivity contribution in [2.75, 3.05) is 20.7 Å². The highest BCUT2D eigenvalue weighted by Crippen LogP contribution is 2.56. The minimum atomic E-state index is -2.94. The second-order valence-electron chi connectivity index (χ2n) is 11.2. The Hall–Kier alpha value is -3.25. The van der Waals surface area contributed by atoms with Crippen LogP contribution < -0.4 is 5.73 Å². The fraction of sp³-hybridized carbons (Fsp3) is 0.536. The number of likely N-dealkylation sites (N-methyl/N-ethyl adjacent to an activating group) is 1. The first-order valence-corrected chi connectivity index (χ1v) is 13.2. The number of hydrogen-bond acceptors (Lipinski definition) is 10. The van der Waals surface area contributed by atoms with Gasteiger partial charge in [0.2, 0.25) is 5.78 Å². The Morgan fingerprint density at radius 1 is 1.13 bits per heavy atom. The Labute approximate surface area is 225 Å². The average molecular weight is 543 g/mol. The number of phenolic OH excluding ortho intramolecular Hbond substituents is 1. The molecule has 4 aliphatic carbocycles. The van der Waals surface area contributed by atoms with Crippen LogP contribution in [0.3, 0.4) is 0 Å². The molecule has 0 heterocycles. The van der Waals surface area contributed by atoms with Crippen LogP contribution in [0, 0.1) is 11.8 Å². The molecule has 11 nitrogen and oxygen atoms in total. The molecule has 2 fully saturated rings. The van der Waals surface area contributed by atoms with Gasteiger partial charge in [-0.1, -0.05) is 31.4 Å². The van der Waals surface area contributed by atoms with Gasteiger partial charge in [0.05, 0.1) is 36.3 Å². The summed E-state index contributed by atoms with van der Waals surface area (Å²) in [5, 5.41) is 56.7. The van der Waals surface area contributed by atoms with Gasteiger partial charge in [-0.25, -0.2) is 0 Å². The number of aliphatic hydroxyl groups is 4. The average Bonchev–Trinajstić information content (AvgIpc) is 2.88. The molecular weight excluding hydrogens is 508 g/mol. The van der Waals surface area contributed by atoms with Gasteiger partial charge in [0.25, 0.3) is 5.91 Å². The number of amides is 1. The summed E-state index contributed by atoms with van der Waals surface area (Å²) in [6.45, 7) is 0.0347. The predicted molar refractivity (Wildman–Crippen MR) is 137 cm³/mol. The van der Waals surface area contributed by atoms with Gasteiger partial charge >= 0.3 is 0 Å². The molecule has 5 rings (SSSR count). The van der Waals surface area contributed by atoms with Crippen LogP contribution in [0.5, 0.6) is 5.75 Å². The topological polar surface area (TPSA) is 191 Å². The van der Waals surface area contributed by atoms with Crippen molar-refractivity contribution in [3.63, 3.8) is 0 Å². The van der Waals surface area contributed by atoms with E-state index in [1.54, 1.807) is 12.1 Å². The van der Waals surface area contributed by atoms with Gasteiger partial charge in [-0.2, -0.15) is 0 Å². The third-order valence-electron chi connectivity index (χ3n) is 8.86. The van der Waals surface area contributed by atoms with Gasteiger partial charge in [0.1, 0.15) is 22.8 Å². The number of rotatable bonds is 5. The maximum atomic E-state index is 14.1. The van der Waals surface area contributed by atoms with Crippen molar-refractivity contribution in [3.05, 3.63) is 46.2 Å². The summed E-state index contributed by atoms with van der Waals surface area (Å²) in [5.74, 6) is -9.22. The predicted octanol–water partition coefficient (Wildman–Crippen LogP) is 0.825. The molecule has 0 bridgehead atoms. The third kappa shape index (κ3) is 3.90. The zero-order chi connectivity index (χ0) is 28.4. The molecule has 4 aliphatic rings. The number of hydrogen-bond donors (Lipinski definition) is 6. The van der Waals surface area contributed by atoms with E-state index in [4.69, 9.17) is 10.5 Å². The van der Waals surface area contributed by atoms with E-state index in [-0.39, 0.29) is 24.0 Å². The molecular formula is C28H34N2O9. The normalized spacial score (nSPS) is 33.2. The number of fused-ring (bicyclic) bond motifs is 3. The first-order chi connectivity index (χ1) is 18.4. The van der Waals surface area contributed by atoms with Crippen molar-refractivity contribution in [1.29, 1.82) is 0 Å². The van der Waals surface area contributed by atoms with Crippen LogP contribution in [0.4, 0.5) is 0 Å². The monoisotopic (exact) mass is 542 g/mol. The molecule has 0 saturated heterocycles. The zero-order valence-corrected chi connectivity index (χ0v) is 21.8. The number of ether oxygens (including phenoxy) is 1. The number of Topliss-reactive ketones (excluding diaryl/α,β-unsaturated/α-hetero) is 2. The quantitative estimate of drug-likeness (QED) is 0.290. The molecule has 7 N–H and O–H groups in total. The van der Waals surface area contributed by atoms with Crippen molar-refractivity contribution >= 4 is 23.2 Å². The Bertz CT molecular complexity index is 1300. The summed E-state index contributed by atoms with van der Waals surface area (Å²) in [6, 6.07) is 3.17. The molecule has 39 heavy (non-hydrogen) atoms. The van der Waals surface area contributed by atoms with Crippen molar-refractivity contribution in [2.45, 2.75) is 61.9 Å². The zero-order valence-electron chi connectivity index (χ0n) is 21.8. The highest BCUT2D eigenvalue weighted by molar-refractivity contribution is 6.24. The van der Waals surface area contributed by atoms with Crippen LogP contribution in [0.15, 0.2) is 35.1 Å². The number of aromatic hydroxyl groups is 1. The van der Waals surface area contributed by atoms with Crippen molar-refractivity contribution in [3.8, 4) is 5.75 Å². The van der Waals surface area contributed by atoms with Crippen LogP contribution >= 0.6 is 0 Å². The third-order valence-corrected chi connectivity index (χ3v) is 8.86. The lowest BCUT2D eigenvalue weighted by Gasteiger charge is -2.54. The molecule has 1 amide bonds. The maximum Gasteiger partial charge on any atom is 0.255 e. The summed E-state index contributed by atoms with van der Waals surface area (Å²) >= 11 is 0. The van der Waals surface area contributed by atoms with E-state index in [1.165, 1.54) is 25.1 Å². The van der Waals surface area contributed by atoms with Gasteiger partial charge in [-0.15, -0.1) is 0 Å². The lowest BCUT2D eigenvalue weighted by molar-refractivity contribution is -0.170. The number of carbonyl (C=O) groups is 3. The van der Waals surface area contributed by atoms with Gasteiger partial charge in [0, 0.05) is 17.4 Å². The molecule has 6 unspecified atom stereocenters. The van der Waals surface area contributed by atoms with E-state index in [2.05, 4.69) is 0 Å². The number of carbonyl (C=O) groups excluding carboxylic acids is 3. The number of nitrogens with two attached hydrogens (primary N) is 1. The molecule has 210 valence electrons. The second kappa shape index (κ2) is 9.74. The van der Waals surface area contributed by atoms with E-state index in [0.717, 1.165) is 32.1 Å². The van der Waals surface area contributed by atoms with Gasteiger partial charge in [-0.3, -0.25) is 19.3 Å². The van der Waals surface area contributed by atoms with E-state index in [9.17, 15) is 39.9 Å². The maximum absolute atomic E-state index is 14.1. The van der Waals surface area contributed by atoms with Crippen molar-refractivity contribution in [1.82, 2.24) is 4.90 Å². The summed E-state index contributed by atoms with van der Waals surface area (Å²) in [5.41, 5.74) is 1.45. The summed E-state index contributed by atoms with van der Waals surface area (Å²) in [6.07, 6.45) is 3.15. The highest BCUT2D eigenvalue weighted by atomic mass is 16.5. The first kappa shape index (κ1) is 27.3. The summed E-state index contributed by atoms with van der Waals surface area (Å²) in [7, 11) is 2.95. The van der Waals surface area contributed by atoms with E-state index >= 15 is 0 Å². The molecule has 1 aromatic carbocycles. The Morgan fingerprint density at radius 2 is 1.79 bits per heavy atom. The Kier molecular flexibility index (Phi) is 6.82. The minimum absolute atomic E-state index is 0.0347. The van der Waals surface area contributed by atoms with Gasteiger partial charge in [-0.05, 0) is 38.6 Å². The number of benzene rings is 1. The molecule has 0 aliphatic heterocycles. The summed E-state index contributed by atoms with van der Waals surface area (Å²) < 4.78 is 6.25. The van der Waals surface area contributed by atoms with E-state index in [1.807, 2.05) is 0 Å². The van der Waals surface area contributed by atoms with Crippen LogP contribution in [-0.4, -0.2) is 92.5 Å². The van der Waals surface area contributed by atoms with Crippen LogP contribution in [0.1, 0.15) is 49.1 Å². The van der Waals surface area contributed by atoms with E-state index < -0.39 is 75.6 Å². The Morgan fingerprint density at radius 3 is 2.41 bits per heavy atom. The SMILES string of the molecule is CN(C)C1C(=O)C(C(N)=O)=C(O)C2(O)C(=O)C3=C(O)c4c(O)cccc4C(COC4CCCCC4)C3C(O)C12. The Balaban J connectivity index is 1.71. The number of ketones is 2. The smallest absolute Gasteiger partial charge is 0.255 e. The fourth-order valence-electron chi connectivity index (χ4n) is 7.06. The fourth-order valence-corrected chi connectivity index (χ4v) is 7.06. The first-order valence-electron chi connectivity index (χ1n) is 13.2. The number of phenols is 1. The molecule has 1 aromatic rings.